The Hall–Kier alpha value is -2.22. The van der Waals surface area contributed by atoms with E-state index in [2.05, 4.69) is 48.3 Å². The first-order valence-corrected chi connectivity index (χ1v) is 8.57. The van der Waals surface area contributed by atoms with Crippen LogP contribution in [0.3, 0.4) is 0 Å². The minimum Gasteiger partial charge on any atom is -0.497 e. The van der Waals surface area contributed by atoms with E-state index < -0.39 is 0 Å². The third kappa shape index (κ3) is 3.42. The standard InChI is InChI=1S/C21H25NO/c1-3-4-5-6-10-19-18-9-7-8-11-20(18)22-21(19)16-12-14-17(23-2)15-13-16/h7-9,11-15,22H,3-6,10H2,1-2H3. The summed E-state index contributed by atoms with van der Waals surface area (Å²) in [6, 6.07) is 17.0. The lowest BCUT2D eigenvalue weighted by Gasteiger charge is -2.06. The highest BCUT2D eigenvalue weighted by Gasteiger charge is 2.12. The molecule has 3 aromatic rings. The lowest BCUT2D eigenvalue weighted by atomic mass is 9.99. The van der Waals surface area contributed by atoms with E-state index in [9.17, 15) is 0 Å². The molecule has 2 aromatic carbocycles. The Bertz CT molecular complexity index is 755. The molecule has 23 heavy (non-hydrogen) atoms. The molecule has 0 saturated heterocycles. The molecular formula is C21H25NO. The monoisotopic (exact) mass is 307 g/mol. The summed E-state index contributed by atoms with van der Waals surface area (Å²) in [7, 11) is 1.71. The van der Waals surface area contributed by atoms with Gasteiger partial charge in [-0.15, -0.1) is 0 Å². The molecule has 3 rings (SSSR count). The Morgan fingerprint density at radius 1 is 0.913 bits per heavy atom. The summed E-state index contributed by atoms with van der Waals surface area (Å²) >= 11 is 0. The molecule has 1 aromatic heterocycles. The number of para-hydroxylation sites is 1. The molecule has 1 N–H and O–H groups in total. The van der Waals surface area contributed by atoms with Gasteiger partial charge < -0.3 is 9.72 Å². The molecule has 0 saturated carbocycles. The molecule has 0 amide bonds. The van der Waals surface area contributed by atoms with Crippen molar-refractivity contribution in [3.63, 3.8) is 0 Å². The predicted octanol–water partition coefficient (Wildman–Crippen LogP) is 5.97. The van der Waals surface area contributed by atoms with Crippen LogP contribution in [0.25, 0.3) is 22.2 Å². The third-order valence-corrected chi connectivity index (χ3v) is 4.47. The molecular weight excluding hydrogens is 282 g/mol. The molecule has 0 aliphatic rings. The number of rotatable bonds is 7. The number of H-pyrrole nitrogens is 1. The van der Waals surface area contributed by atoms with Gasteiger partial charge >= 0.3 is 0 Å². The van der Waals surface area contributed by atoms with Crippen LogP contribution in [0.2, 0.25) is 0 Å². The van der Waals surface area contributed by atoms with Gasteiger partial charge in [-0.25, -0.2) is 0 Å². The molecule has 0 aliphatic heterocycles. The number of unbranched alkanes of at least 4 members (excludes halogenated alkanes) is 3. The lowest BCUT2D eigenvalue weighted by molar-refractivity contribution is 0.415. The van der Waals surface area contributed by atoms with Gasteiger partial charge in [0.25, 0.3) is 0 Å². The Balaban J connectivity index is 1.96. The normalized spacial score (nSPS) is 11.0. The summed E-state index contributed by atoms with van der Waals surface area (Å²) < 4.78 is 5.28. The van der Waals surface area contributed by atoms with Gasteiger partial charge in [-0.3, -0.25) is 0 Å². The van der Waals surface area contributed by atoms with Crippen LogP contribution in [0, 0.1) is 0 Å². The van der Waals surface area contributed by atoms with E-state index in [1.807, 2.05) is 12.1 Å². The molecule has 0 spiro atoms. The van der Waals surface area contributed by atoms with E-state index in [-0.39, 0.29) is 0 Å². The van der Waals surface area contributed by atoms with Crippen LogP contribution in [0.15, 0.2) is 48.5 Å². The summed E-state index contributed by atoms with van der Waals surface area (Å²) in [6.07, 6.45) is 6.28. The molecule has 0 bridgehead atoms. The molecule has 0 unspecified atom stereocenters. The third-order valence-electron chi connectivity index (χ3n) is 4.47. The van der Waals surface area contributed by atoms with Crippen molar-refractivity contribution in [2.24, 2.45) is 0 Å². The van der Waals surface area contributed by atoms with Crippen LogP contribution in [-0.2, 0) is 6.42 Å². The fraction of sp³-hybridized carbons (Fsp3) is 0.333. The number of benzene rings is 2. The second-order valence-electron chi connectivity index (χ2n) is 6.06. The van der Waals surface area contributed by atoms with Crippen molar-refractivity contribution in [2.75, 3.05) is 7.11 Å². The Morgan fingerprint density at radius 2 is 1.70 bits per heavy atom. The van der Waals surface area contributed by atoms with Gasteiger partial charge in [-0.1, -0.05) is 44.4 Å². The van der Waals surface area contributed by atoms with Gasteiger partial charge in [-0.2, -0.15) is 0 Å². The van der Waals surface area contributed by atoms with Gasteiger partial charge in [0.05, 0.1) is 7.11 Å². The smallest absolute Gasteiger partial charge is 0.118 e. The average molecular weight is 307 g/mol. The van der Waals surface area contributed by atoms with Crippen LogP contribution in [-0.4, -0.2) is 12.1 Å². The molecule has 2 heteroatoms. The van der Waals surface area contributed by atoms with Crippen molar-refractivity contribution < 1.29 is 4.74 Å². The van der Waals surface area contributed by atoms with Crippen LogP contribution in [0.5, 0.6) is 5.75 Å². The van der Waals surface area contributed by atoms with E-state index in [0.717, 1.165) is 12.2 Å². The van der Waals surface area contributed by atoms with Crippen molar-refractivity contribution in [1.82, 2.24) is 4.98 Å². The first-order valence-electron chi connectivity index (χ1n) is 8.57. The van der Waals surface area contributed by atoms with Crippen LogP contribution in [0.1, 0.15) is 38.2 Å². The quantitative estimate of drug-likeness (QED) is 0.535. The topological polar surface area (TPSA) is 25.0 Å². The number of aromatic nitrogens is 1. The molecule has 2 nitrogen and oxygen atoms in total. The Morgan fingerprint density at radius 3 is 2.43 bits per heavy atom. The number of nitrogens with one attached hydrogen (secondary N) is 1. The molecule has 0 radical (unpaired) electrons. The Kier molecular flexibility index (Phi) is 5.02. The lowest BCUT2D eigenvalue weighted by Crippen LogP contribution is -1.89. The largest absolute Gasteiger partial charge is 0.497 e. The highest BCUT2D eigenvalue weighted by molar-refractivity contribution is 5.90. The van der Waals surface area contributed by atoms with Crippen molar-refractivity contribution >= 4 is 10.9 Å². The maximum atomic E-state index is 5.28. The molecule has 1 heterocycles. The number of aryl methyl sites for hydroxylation is 1. The first kappa shape index (κ1) is 15.7. The number of hydrogen-bond donors (Lipinski definition) is 1. The SMILES string of the molecule is CCCCCCc1c(-c2ccc(OC)cc2)[nH]c2ccccc12. The van der Waals surface area contributed by atoms with Gasteiger partial charge in [0.1, 0.15) is 5.75 Å². The molecule has 120 valence electrons. The number of hydrogen-bond acceptors (Lipinski definition) is 1. The van der Waals surface area contributed by atoms with Crippen molar-refractivity contribution in [3.05, 3.63) is 54.1 Å². The zero-order valence-corrected chi connectivity index (χ0v) is 14.1. The van der Waals surface area contributed by atoms with E-state index in [4.69, 9.17) is 4.74 Å². The molecule has 0 aliphatic carbocycles. The van der Waals surface area contributed by atoms with Gasteiger partial charge in [0, 0.05) is 16.6 Å². The summed E-state index contributed by atoms with van der Waals surface area (Å²) in [5.41, 5.74) is 5.16. The van der Waals surface area contributed by atoms with E-state index in [1.165, 1.54) is 53.4 Å². The second-order valence-corrected chi connectivity index (χ2v) is 6.06. The molecule has 0 atom stereocenters. The first-order chi connectivity index (χ1) is 11.3. The highest BCUT2D eigenvalue weighted by atomic mass is 16.5. The molecule has 0 fully saturated rings. The van der Waals surface area contributed by atoms with Gasteiger partial charge in [-0.05, 0) is 54.3 Å². The minimum atomic E-state index is 0.898. The van der Waals surface area contributed by atoms with Gasteiger partial charge in [0.15, 0.2) is 0 Å². The average Bonchev–Trinajstić information content (AvgIpc) is 2.97. The summed E-state index contributed by atoms with van der Waals surface area (Å²) in [5, 5.41) is 1.36. The number of aromatic amines is 1. The van der Waals surface area contributed by atoms with Crippen LogP contribution < -0.4 is 4.74 Å². The van der Waals surface area contributed by atoms with Crippen molar-refractivity contribution in [2.45, 2.75) is 39.0 Å². The fourth-order valence-electron chi connectivity index (χ4n) is 3.19. The maximum Gasteiger partial charge on any atom is 0.118 e. The zero-order valence-electron chi connectivity index (χ0n) is 14.1. The number of ether oxygens (including phenoxy) is 1. The van der Waals surface area contributed by atoms with E-state index >= 15 is 0 Å². The maximum absolute atomic E-state index is 5.28. The Labute approximate surface area is 138 Å². The summed E-state index contributed by atoms with van der Waals surface area (Å²) in [6.45, 7) is 2.26. The zero-order chi connectivity index (χ0) is 16.1. The highest BCUT2D eigenvalue weighted by Crippen LogP contribution is 2.32. The van der Waals surface area contributed by atoms with E-state index in [1.54, 1.807) is 7.11 Å². The predicted molar refractivity (Wildman–Crippen MR) is 98.1 cm³/mol. The van der Waals surface area contributed by atoms with E-state index in [0.29, 0.717) is 0 Å². The fourth-order valence-corrected chi connectivity index (χ4v) is 3.19. The van der Waals surface area contributed by atoms with Crippen molar-refractivity contribution in [1.29, 1.82) is 0 Å². The number of fused-ring (bicyclic) bond motifs is 1. The summed E-state index contributed by atoms with van der Waals surface area (Å²) in [4.78, 5) is 3.62. The number of methoxy groups -OCH3 is 1. The minimum absolute atomic E-state index is 0.898. The summed E-state index contributed by atoms with van der Waals surface area (Å²) in [5.74, 6) is 0.898. The van der Waals surface area contributed by atoms with Crippen LogP contribution in [0.4, 0.5) is 0 Å². The van der Waals surface area contributed by atoms with Crippen LogP contribution >= 0.6 is 0 Å². The van der Waals surface area contributed by atoms with Gasteiger partial charge in [0.2, 0.25) is 0 Å². The van der Waals surface area contributed by atoms with Crippen molar-refractivity contribution in [3.8, 4) is 17.0 Å². The second kappa shape index (κ2) is 7.36.